The van der Waals surface area contributed by atoms with Crippen LogP contribution in [0.2, 0.25) is 0 Å². The lowest BCUT2D eigenvalue weighted by Gasteiger charge is -2.14. The third kappa shape index (κ3) is 5.79. The van der Waals surface area contributed by atoms with Crippen LogP contribution in [0.3, 0.4) is 0 Å². The molecule has 206 valence electrons. The summed E-state index contributed by atoms with van der Waals surface area (Å²) in [6.07, 6.45) is 2.23. The van der Waals surface area contributed by atoms with Crippen LogP contribution in [0.5, 0.6) is 23.0 Å². The largest absolute Gasteiger partial charge is 0.493 e. The number of thioether (sulfide) groups is 1. The highest BCUT2D eigenvalue weighted by molar-refractivity contribution is 7.98. The highest BCUT2D eigenvalue weighted by Gasteiger charge is 2.48. The summed E-state index contributed by atoms with van der Waals surface area (Å²) in [6, 6.07) is 14.6. The van der Waals surface area contributed by atoms with Gasteiger partial charge < -0.3 is 24.8 Å². The molecule has 0 aliphatic heterocycles. The van der Waals surface area contributed by atoms with Gasteiger partial charge in [-0.3, -0.25) is 9.59 Å². The molecule has 2 amide bonds. The first-order valence-electron chi connectivity index (χ1n) is 12.2. The highest BCUT2D eigenvalue weighted by atomic mass is 32.2. The Morgan fingerprint density at radius 1 is 0.825 bits per heavy atom. The van der Waals surface area contributed by atoms with E-state index in [-0.39, 0.29) is 17.3 Å². The molecule has 0 radical (unpaired) electrons. The molecule has 5 rings (SSSR count). The molecule has 3 aromatic carbocycles. The number of rotatable bonds is 9. The quantitative estimate of drug-likeness (QED) is 0.231. The summed E-state index contributed by atoms with van der Waals surface area (Å²) < 4.78 is 44.9. The van der Waals surface area contributed by atoms with E-state index in [1.807, 2.05) is 6.26 Å². The number of fused-ring (bicyclic) bond motifs is 1. The van der Waals surface area contributed by atoms with E-state index in [2.05, 4.69) is 15.6 Å². The SMILES string of the molecule is COc1cc2nc(SC)cc(Oc3ccc(NC(=O)C4CC4C(=O)Nc4ccc(F)cc4)cc3F)c2cc1OC. The molecule has 40 heavy (non-hydrogen) atoms. The second-order valence-electron chi connectivity index (χ2n) is 9.07. The summed E-state index contributed by atoms with van der Waals surface area (Å²) in [6.45, 7) is 0. The second-order valence-corrected chi connectivity index (χ2v) is 9.89. The predicted molar refractivity (Wildman–Crippen MR) is 148 cm³/mol. The molecule has 8 nitrogen and oxygen atoms in total. The Hall–Kier alpha value is -4.38. The molecule has 1 fully saturated rings. The number of benzene rings is 3. The zero-order valence-corrected chi connectivity index (χ0v) is 22.6. The fraction of sp³-hybridized carbons (Fsp3) is 0.207. The van der Waals surface area contributed by atoms with Crippen molar-refractivity contribution in [2.75, 3.05) is 31.1 Å². The molecule has 1 aromatic heterocycles. The third-order valence-electron chi connectivity index (χ3n) is 6.46. The van der Waals surface area contributed by atoms with E-state index in [0.29, 0.717) is 45.3 Å². The normalized spacial score (nSPS) is 15.8. The molecule has 2 atom stereocenters. The van der Waals surface area contributed by atoms with Crippen LogP contribution in [-0.2, 0) is 9.59 Å². The van der Waals surface area contributed by atoms with E-state index < -0.39 is 29.4 Å². The van der Waals surface area contributed by atoms with Gasteiger partial charge in [-0.2, -0.15) is 0 Å². The monoisotopic (exact) mass is 565 g/mol. The first-order chi connectivity index (χ1) is 19.3. The molecule has 2 unspecified atom stereocenters. The van der Waals surface area contributed by atoms with Gasteiger partial charge in [-0.1, -0.05) is 0 Å². The molecule has 0 bridgehead atoms. The number of hydrogen-bond donors (Lipinski definition) is 2. The van der Waals surface area contributed by atoms with E-state index in [1.165, 1.54) is 62.4 Å². The van der Waals surface area contributed by atoms with Gasteiger partial charge in [0.15, 0.2) is 23.1 Å². The Morgan fingerprint density at radius 2 is 1.45 bits per heavy atom. The molecular formula is C29H25F2N3O5S. The van der Waals surface area contributed by atoms with Crippen molar-refractivity contribution >= 4 is 45.9 Å². The lowest BCUT2D eigenvalue weighted by Crippen LogP contribution is -2.20. The van der Waals surface area contributed by atoms with Crippen LogP contribution in [0.15, 0.2) is 65.7 Å². The molecule has 2 N–H and O–H groups in total. The molecule has 4 aromatic rings. The number of anilines is 2. The predicted octanol–water partition coefficient (Wildman–Crippen LogP) is 6.26. The molecule has 0 spiro atoms. The average molecular weight is 566 g/mol. The molecule has 1 saturated carbocycles. The van der Waals surface area contributed by atoms with Gasteiger partial charge in [0.2, 0.25) is 11.8 Å². The van der Waals surface area contributed by atoms with E-state index in [9.17, 15) is 14.0 Å². The van der Waals surface area contributed by atoms with Crippen molar-refractivity contribution in [2.45, 2.75) is 11.4 Å². The van der Waals surface area contributed by atoms with Crippen LogP contribution >= 0.6 is 11.8 Å². The lowest BCUT2D eigenvalue weighted by atomic mass is 10.1. The summed E-state index contributed by atoms with van der Waals surface area (Å²) in [5, 5.41) is 6.60. The number of amides is 2. The van der Waals surface area contributed by atoms with Crippen LogP contribution < -0.4 is 24.8 Å². The maximum Gasteiger partial charge on any atom is 0.228 e. The molecular weight excluding hydrogens is 540 g/mol. The first kappa shape index (κ1) is 27.2. The van der Waals surface area contributed by atoms with Crippen molar-refractivity contribution in [3.8, 4) is 23.0 Å². The average Bonchev–Trinajstić information content (AvgIpc) is 3.76. The van der Waals surface area contributed by atoms with Gasteiger partial charge in [0, 0.05) is 35.0 Å². The van der Waals surface area contributed by atoms with Crippen molar-refractivity contribution in [2.24, 2.45) is 11.8 Å². The number of carbonyl (C=O) groups is 2. The number of pyridine rings is 1. The third-order valence-corrected chi connectivity index (χ3v) is 7.08. The summed E-state index contributed by atoms with van der Waals surface area (Å²) in [7, 11) is 3.05. The Kier molecular flexibility index (Phi) is 7.74. The van der Waals surface area contributed by atoms with Crippen molar-refractivity contribution < 1.29 is 32.6 Å². The second kappa shape index (κ2) is 11.4. The minimum Gasteiger partial charge on any atom is -0.493 e. The molecule has 1 heterocycles. The van der Waals surface area contributed by atoms with Crippen LogP contribution in [0.1, 0.15) is 6.42 Å². The van der Waals surface area contributed by atoms with E-state index >= 15 is 4.39 Å². The Balaban J connectivity index is 1.28. The summed E-state index contributed by atoms with van der Waals surface area (Å²) in [5.74, 6) is -1.57. The maximum atomic E-state index is 15.1. The number of hydrogen-bond acceptors (Lipinski definition) is 7. The van der Waals surface area contributed by atoms with E-state index in [4.69, 9.17) is 14.2 Å². The Morgan fingerprint density at radius 3 is 2.08 bits per heavy atom. The van der Waals surface area contributed by atoms with Crippen LogP contribution in [0.4, 0.5) is 20.2 Å². The zero-order chi connectivity index (χ0) is 28.4. The smallest absolute Gasteiger partial charge is 0.228 e. The standard InChI is InChI=1S/C29H25F2N3O5S/c1-37-25-12-20-22(13-26(25)38-2)34-27(40-3)14-24(20)39-23-9-8-17(10-21(23)31)33-29(36)19-11-18(19)28(35)32-16-6-4-15(30)5-7-16/h4-10,12-14,18-19H,11H2,1-3H3,(H,32,35)(H,33,36). The Bertz CT molecular complexity index is 1600. The van der Waals surface area contributed by atoms with Gasteiger partial charge in [-0.15, -0.1) is 11.8 Å². The van der Waals surface area contributed by atoms with Crippen molar-refractivity contribution in [3.63, 3.8) is 0 Å². The fourth-order valence-corrected chi connectivity index (χ4v) is 4.66. The number of methoxy groups -OCH3 is 2. The fourth-order valence-electron chi connectivity index (χ4n) is 4.25. The maximum absolute atomic E-state index is 15.1. The number of nitrogens with one attached hydrogen (secondary N) is 2. The number of carbonyl (C=O) groups excluding carboxylic acids is 2. The topological polar surface area (TPSA) is 98.8 Å². The van der Waals surface area contributed by atoms with Crippen LogP contribution in [-0.4, -0.2) is 37.3 Å². The molecule has 11 heteroatoms. The van der Waals surface area contributed by atoms with Gasteiger partial charge >= 0.3 is 0 Å². The van der Waals surface area contributed by atoms with E-state index in [0.717, 1.165) is 6.07 Å². The zero-order valence-electron chi connectivity index (χ0n) is 21.8. The number of ether oxygens (including phenoxy) is 3. The first-order valence-corrected chi connectivity index (χ1v) is 13.5. The lowest BCUT2D eigenvalue weighted by molar-refractivity contribution is -0.122. The van der Waals surface area contributed by atoms with Crippen molar-refractivity contribution in [1.82, 2.24) is 4.98 Å². The summed E-state index contributed by atoms with van der Waals surface area (Å²) in [4.78, 5) is 29.7. The van der Waals surface area contributed by atoms with Crippen molar-refractivity contribution in [1.29, 1.82) is 0 Å². The van der Waals surface area contributed by atoms with Gasteiger partial charge in [-0.25, -0.2) is 13.8 Å². The number of halogens is 2. The van der Waals surface area contributed by atoms with E-state index in [1.54, 1.807) is 18.2 Å². The molecule has 1 aliphatic rings. The summed E-state index contributed by atoms with van der Waals surface area (Å²) in [5.41, 5.74) is 1.26. The molecule has 1 aliphatic carbocycles. The number of aromatic nitrogens is 1. The van der Waals surface area contributed by atoms with Gasteiger partial charge in [-0.05, 0) is 55.1 Å². The highest BCUT2D eigenvalue weighted by Crippen LogP contribution is 2.41. The Labute approximate surface area is 233 Å². The summed E-state index contributed by atoms with van der Waals surface area (Å²) >= 11 is 1.41. The molecule has 0 saturated heterocycles. The van der Waals surface area contributed by atoms with Crippen molar-refractivity contribution in [3.05, 3.63) is 72.3 Å². The van der Waals surface area contributed by atoms with Gasteiger partial charge in [0.05, 0.1) is 31.6 Å². The van der Waals surface area contributed by atoms with Gasteiger partial charge in [0.25, 0.3) is 0 Å². The minimum absolute atomic E-state index is 0.0460. The van der Waals surface area contributed by atoms with Crippen LogP contribution in [0.25, 0.3) is 10.9 Å². The number of nitrogens with zero attached hydrogens (tertiary/aromatic N) is 1. The van der Waals surface area contributed by atoms with Gasteiger partial charge in [0.1, 0.15) is 16.6 Å². The minimum atomic E-state index is -0.685. The van der Waals surface area contributed by atoms with Crippen LogP contribution in [0, 0.1) is 23.5 Å².